The lowest BCUT2D eigenvalue weighted by molar-refractivity contribution is 0.0876. The second-order valence-electron chi connectivity index (χ2n) is 11.1. The number of hydrogen-bond donors (Lipinski definition) is 3. The van der Waals surface area contributed by atoms with Crippen LogP contribution in [0, 0.1) is 5.92 Å². The quantitative estimate of drug-likeness (QED) is 0.146. The number of aliphatic hydroxyl groups is 1. The van der Waals surface area contributed by atoms with Crippen molar-refractivity contribution in [1.82, 2.24) is 24.6 Å². The summed E-state index contributed by atoms with van der Waals surface area (Å²) >= 11 is 2.49. The van der Waals surface area contributed by atoms with E-state index in [9.17, 15) is 23.1 Å². The molecule has 0 saturated carbocycles. The number of rotatable bonds is 14. The minimum Gasteiger partial charge on any atom is -0.444 e. The van der Waals surface area contributed by atoms with Gasteiger partial charge in [0.05, 0.1) is 37.6 Å². The molecule has 246 valence electrons. The number of carbonyl (C=O) groups is 2. The molecule has 0 bridgehead atoms. The first-order valence-electron chi connectivity index (χ1n) is 14.7. The molecule has 3 aromatic heterocycles. The van der Waals surface area contributed by atoms with Crippen LogP contribution >= 0.6 is 22.7 Å². The van der Waals surface area contributed by atoms with E-state index in [1.165, 1.54) is 34.0 Å². The number of aliphatic hydroxyl groups excluding tert-OH is 1. The molecule has 0 aliphatic heterocycles. The normalized spacial score (nSPS) is 13.0. The zero-order chi connectivity index (χ0) is 33.4. The number of sulfonamides is 1. The van der Waals surface area contributed by atoms with Crippen molar-refractivity contribution in [3.05, 3.63) is 101 Å². The van der Waals surface area contributed by atoms with E-state index >= 15 is 0 Å². The summed E-state index contributed by atoms with van der Waals surface area (Å²) < 4.78 is 35.2. The Balaban J connectivity index is 1.34. The van der Waals surface area contributed by atoms with Gasteiger partial charge in [-0.1, -0.05) is 61.6 Å². The number of pyridine rings is 1. The van der Waals surface area contributed by atoms with Crippen molar-refractivity contribution in [2.45, 2.75) is 43.9 Å². The molecule has 2 amide bonds. The van der Waals surface area contributed by atoms with Crippen molar-refractivity contribution in [2.24, 2.45) is 5.92 Å². The van der Waals surface area contributed by atoms with E-state index in [0.717, 1.165) is 21.8 Å². The molecule has 15 heteroatoms. The fraction of sp³-hybridized carbons (Fsp3) is 0.281. The number of ether oxygens (including phenoxy) is 1. The molecule has 0 aliphatic rings. The standard InChI is InChI=1S/C32H34N6O6S3/c1-21(2)17-38(18-28(39)27(14-22-8-4-3-5-9-22)36-32(41)44-19-23-16-33-20-45-23)47(42,43)24-11-12-25-29(15-24)46-31(35-25)37-30(40)26-10-6-7-13-34-26/h3-13,15-16,20-21,27-28,39H,14,17-19H2,1-2H3,(H,36,41)(H,35,37,40)/t27-,28+/m0/s1. The van der Waals surface area contributed by atoms with Gasteiger partial charge in [-0.2, -0.15) is 4.31 Å². The molecule has 2 atom stereocenters. The van der Waals surface area contributed by atoms with E-state index in [-0.39, 0.29) is 42.6 Å². The largest absolute Gasteiger partial charge is 0.444 e. The summed E-state index contributed by atoms with van der Waals surface area (Å²) in [7, 11) is -4.11. The highest BCUT2D eigenvalue weighted by molar-refractivity contribution is 7.89. The van der Waals surface area contributed by atoms with E-state index in [2.05, 4.69) is 25.6 Å². The van der Waals surface area contributed by atoms with Crippen LogP contribution in [-0.4, -0.2) is 70.0 Å². The molecule has 0 unspecified atom stereocenters. The summed E-state index contributed by atoms with van der Waals surface area (Å²) in [6.07, 6.45) is 1.34. The van der Waals surface area contributed by atoms with Crippen molar-refractivity contribution in [3.63, 3.8) is 0 Å². The SMILES string of the molecule is CC(C)CN(C[C@@H](O)[C@H](Cc1ccccc1)NC(=O)OCc1cncs1)S(=O)(=O)c1ccc2nc(NC(=O)c3ccccn3)sc2c1. The Morgan fingerprint density at radius 2 is 1.83 bits per heavy atom. The van der Waals surface area contributed by atoms with Crippen LogP contribution in [0.15, 0.2) is 89.5 Å². The average Bonchev–Trinajstić information content (AvgIpc) is 3.73. The van der Waals surface area contributed by atoms with Crippen molar-refractivity contribution in [3.8, 4) is 0 Å². The van der Waals surface area contributed by atoms with Crippen LogP contribution in [0.4, 0.5) is 9.93 Å². The second kappa shape index (κ2) is 15.5. The number of nitrogens with zero attached hydrogens (tertiary/aromatic N) is 4. The number of nitrogens with one attached hydrogen (secondary N) is 2. The molecular weight excluding hydrogens is 661 g/mol. The number of thiazole rings is 2. The van der Waals surface area contributed by atoms with Gasteiger partial charge in [0.25, 0.3) is 5.91 Å². The van der Waals surface area contributed by atoms with Gasteiger partial charge in [-0.15, -0.1) is 11.3 Å². The van der Waals surface area contributed by atoms with Gasteiger partial charge >= 0.3 is 6.09 Å². The van der Waals surface area contributed by atoms with Crippen molar-refractivity contribution < 1.29 is 27.9 Å². The van der Waals surface area contributed by atoms with Gasteiger partial charge in [-0.05, 0) is 48.2 Å². The van der Waals surface area contributed by atoms with Crippen molar-refractivity contribution in [1.29, 1.82) is 0 Å². The fourth-order valence-electron chi connectivity index (χ4n) is 4.73. The average molecular weight is 695 g/mol. The number of amides is 2. The number of anilines is 1. The topological polar surface area (TPSA) is 164 Å². The number of hydrogen-bond acceptors (Lipinski definition) is 11. The molecule has 3 N–H and O–H groups in total. The number of benzene rings is 2. The highest BCUT2D eigenvalue weighted by Crippen LogP contribution is 2.30. The molecule has 5 aromatic rings. The third-order valence-electron chi connectivity index (χ3n) is 6.97. The van der Waals surface area contributed by atoms with Crippen LogP contribution < -0.4 is 10.6 Å². The minimum absolute atomic E-state index is 0.0145. The monoisotopic (exact) mass is 694 g/mol. The maximum Gasteiger partial charge on any atom is 0.407 e. The smallest absolute Gasteiger partial charge is 0.407 e. The maximum absolute atomic E-state index is 14.1. The molecule has 12 nitrogen and oxygen atoms in total. The zero-order valence-electron chi connectivity index (χ0n) is 25.6. The van der Waals surface area contributed by atoms with Crippen LogP contribution in [0.5, 0.6) is 0 Å². The number of fused-ring (bicyclic) bond motifs is 1. The molecule has 0 radical (unpaired) electrons. The Hall–Kier alpha value is -4.28. The molecule has 2 aromatic carbocycles. The van der Waals surface area contributed by atoms with Gasteiger partial charge in [-0.3, -0.25) is 20.1 Å². The van der Waals surface area contributed by atoms with E-state index in [0.29, 0.717) is 15.3 Å². The third kappa shape index (κ3) is 9.17. The van der Waals surface area contributed by atoms with Crippen LogP contribution in [0.1, 0.15) is 34.8 Å². The Labute approximate surface area is 280 Å². The fourth-order valence-corrected chi connectivity index (χ4v) is 7.86. The summed E-state index contributed by atoms with van der Waals surface area (Å²) in [5, 5.41) is 17.2. The van der Waals surface area contributed by atoms with Gasteiger partial charge in [0, 0.05) is 25.5 Å². The van der Waals surface area contributed by atoms with Crippen LogP contribution in [0.3, 0.4) is 0 Å². The molecule has 5 rings (SSSR count). The molecule has 3 heterocycles. The first-order valence-corrected chi connectivity index (χ1v) is 17.9. The second-order valence-corrected chi connectivity index (χ2v) is 15.0. The van der Waals surface area contributed by atoms with Crippen LogP contribution in [0.25, 0.3) is 10.2 Å². The predicted octanol–water partition coefficient (Wildman–Crippen LogP) is 4.95. The highest BCUT2D eigenvalue weighted by atomic mass is 32.2. The van der Waals surface area contributed by atoms with Gasteiger partial charge < -0.3 is 15.2 Å². The van der Waals surface area contributed by atoms with Gasteiger partial charge in [-0.25, -0.2) is 18.2 Å². The molecule has 0 spiro atoms. The molecule has 0 aliphatic carbocycles. The maximum atomic E-state index is 14.1. The summed E-state index contributed by atoms with van der Waals surface area (Å²) in [4.78, 5) is 38.5. The third-order valence-corrected chi connectivity index (χ3v) is 10.5. The lowest BCUT2D eigenvalue weighted by Gasteiger charge is -2.30. The first-order chi connectivity index (χ1) is 22.6. The summed E-state index contributed by atoms with van der Waals surface area (Å²) in [5.41, 5.74) is 3.23. The Morgan fingerprint density at radius 1 is 1.04 bits per heavy atom. The zero-order valence-corrected chi connectivity index (χ0v) is 28.1. The molecule has 0 saturated heterocycles. The van der Waals surface area contributed by atoms with E-state index in [1.807, 2.05) is 44.2 Å². The number of aromatic nitrogens is 3. The summed E-state index contributed by atoms with van der Waals surface area (Å²) in [6.45, 7) is 3.63. The van der Waals surface area contributed by atoms with E-state index in [1.54, 1.807) is 36.0 Å². The Morgan fingerprint density at radius 3 is 2.53 bits per heavy atom. The van der Waals surface area contributed by atoms with E-state index in [4.69, 9.17) is 4.74 Å². The molecule has 47 heavy (non-hydrogen) atoms. The molecular formula is C32H34N6O6S3. The first kappa shape index (κ1) is 34.1. The van der Waals surface area contributed by atoms with Gasteiger partial charge in [0.15, 0.2) is 5.13 Å². The predicted molar refractivity (Wildman–Crippen MR) is 181 cm³/mol. The molecule has 0 fully saturated rings. The highest BCUT2D eigenvalue weighted by Gasteiger charge is 2.32. The Bertz CT molecular complexity index is 1890. The van der Waals surface area contributed by atoms with Gasteiger partial charge in [0.1, 0.15) is 12.3 Å². The van der Waals surface area contributed by atoms with Crippen molar-refractivity contribution in [2.75, 3.05) is 18.4 Å². The lowest BCUT2D eigenvalue weighted by atomic mass is 10.0. The summed E-state index contributed by atoms with van der Waals surface area (Å²) in [6, 6.07) is 18.0. The Kier molecular flexibility index (Phi) is 11.3. The lowest BCUT2D eigenvalue weighted by Crippen LogP contribution is -2.51. The van der Waals surface area contributed by atoms with Crippen LogP contribution in [0.2, 0.25) is 0 Å². The van der Waals surface area contributed by atoms with Crippen LogP contribution in [-0.2, 0) is 27.8 Å². The number of carbonyl (C=O) groups excluding carboxylic acids is 2. The minimum atomic E-state index is -4.11. The number of alkyl carbamates (subject to hydrolysis) is 1. The van der Waals surface area contributed by atoms with Crippen molar-refractivity contribution >= 4 is 60.0 Å². The van der Waals surface area contributed by atoms with E-state index < -0.39 is 34.2 Å². The summed E-state index contributed by atoms with van der Waals surface area (Å²) in [5.74, 6) is -0.497. The van der Waals surface area contributed by atoms with Gasteiger partial charge in [0.2, 0.25) is 10.0 Å².